The number of thiocarbonyl (C=S) groups is 1. The number of carbonyl (C=O) groups excluding carboxylic acids is 1. The predicted octanol–water partition coefficient (Wildman–Crippen LogP) is 5.18. The molecule has 3 rings (SSSR count). The standard InChI is InChI=1S/C14H8Cl2N2O3S4.C2H6/c15-9-4-3-8(6-10(9)16)7-11-13(19)18(14(22)24-11)17-25(20,21)12-2-1-5-23-12;1-2/h1-7,17H;1-2H3/b11-7-;. The van der Waals surface area contributed by atoms with Crippen LogP contribution in [0.5, 0.6) is 0 Å². The average Bonchev–Trinajstić information content (AvgIpc) is 3.26. The maximum atomic E-state index is 12.5. The number of hydrogen-bond donors (Lipinski definition) is 1. The van der Waals surface area contributed by atoms with Crippen molar-refractivity contribution in [2.45, 2.75) is 18.1 Å². The van der Waals surface area contributed by atoms with Crippen LogP contribution in [0.25, 0.3) is 6.08 Å². The molecular weight excluding hydrogens is 467 g/mol. The van der Waals surface area contributed by atoms with Crippen molar-refractivity contribution in [1.82, 2.24) is 9.84 Å². The summed E-state index contributed by atoms with van der Waals surface area (Å²) in [5.74, 6) is -0.554. The highest BCUT2D eigenvalue weighted by molar-refractivity contribution is 8.26. The molecule has 0 aliphatic carbocycles. The lowest BCUT2D eigenvalue weighted by molar-refractivity contribution is -0.123. The van der Waals surface area contributed by atoms with Gasteiger partial charge in [0.25, 0.3) is 15.9 Å². The molecule has 1 aliphatic heterocycles. The van der Waals surface area contributed by atoms with Crippen molar-refractivity contribution in [3.63, 3.8) is 0 Å². The highest BCUT2D eigenvalue weighted by Gasteiger charge is 2.35. The zero-order chi connectivity index (χ0) is 20.2. The molecule has 1 aromatic carbocycles. The van der Waals surface area contributed by atoms with Crippen LogP contribution in [0.3, 0.4) is 0 Å². The maximum absolute atomic E-state index is 12.5. The molecule has 2 aromatic rings. The van der Waals surface area contributed by atoms with E-state index in [2.05, 4.69) is 4.83 Å². The van der Waals surface area contributed by atoms with Crippen molar-refractivity contribution in [3.8, 4) is 0 Å². The van der Waals surface area contributed by atoms with Gasteiger partial charge in [0.1, 0.15) is 4.21 Å². The van der Waals surface area contributed by atoms with Gasteiger partial charge < -0.3 is 0 Å². The van der Waals surface area contributed by atoms with Gasteiger partial charge in [-0.15, -0.1) is 16.2 Å². The zero-order valence-corrected chi connectivity index (χ0v) is 18.9. The Bertz CT molecular complexity index is 989. The molecule has 11 heteroatoms. The summed E-state index contributed by atoms with van der Waals surface area (Å²) >= 11 is 19.0. The number of nitrogens with zero attached hydrogens (tertiary/aromatic N) is 1. The second kappa shape index (κ2) is 9.51. The second-order valence-corrected chi connectivity index (χ2v) is 10.0. The predicted molar refractivity (Wildman–Crippen MR) is 117 cm³/mol. The Labute approximate surface area is 181 Å². The van der Waals surface area contributed by atoms with Crippen molar-refractivity contribution in [3.05, 3.63) is 56.2 Å². The summed E-state index contributed by atoms with van der Waals surface area (Å²) < 4.78 is 24.7. The highest BCUT2D eigenvalue weighted by Crippen LogP contribution is 2.33. The number of halogens is 2. The Morgan fingerprint density at radius 1 is 1.19 bits per heavy atom. The lowest BCUT2D eigenvalue weighted by Gasteiger charge is -2.14. The van der Waals surface area contributed by atoms with Crippen LogP contribution >= 0.6 is 58.5 Å². The summed E-state index contributed by atoms with van der Waals surface area (Å²) in [6.07, 6.45) is 1.57. The third kappa shape index (κ3) is 5.32. The number of hydrogen-bond acceptors (Lipinski definition) is 6. The topological polar surface area (TPSA) is 66.5 Å². The minimum Gasteiger partial charge on any atom is -0.267 e. The number of benzene rings is 1. The summed E-state index contributed by atoms with van der Waals surface area (Å²) in [7, 11) is -3.87. The third-order valence-electron chi connectivity index (χ3n) is 3.01. The Balaban J connectivity index is 0.00000126. The molecule has 1 N–H and O–H groups in total. The fraction of sp³-hybridized carbons (Fsp3) is 0.125. The molecule has 1 fully saturated rings. The summed E-state index contributed by atoms with van der Waals surface area (Å²) in [5.41, 5.74) is 0.649. The van der Waals surface area contributed by atoms with Crippen molar-refractivity contribution in [1.29, 1.82) is 0 Å². The SMILES string of the molecule is CC.O=C1/C(=C/c2ccc(Cl)c(Cl)c2)SC(=S)N1NS(=O)(=O)c1cccs1. The Hall–Kier alpha value is -0.940. The molecule has 2 heterocycles. The van der Waals surface area contributed by atoms with E-state index in [-0.39, 0.29) is 13.4 Å². The van der Waals surface area contributed by atoms with Gasteiger partial charge in [-0.05, 0) is 35.2 Å². The first kappa shape index (κ1) is 22.4. The molecule has 5 nitrogen and oxygen atoms in total. The summed E-state index contributed by atoms with van der Waals surface area (Å²) in [5, 5.41) is 3.22. The first-order valence-corrected chi connectivity index (χ1v) is 11.9. The fourth-order valence-corrected chi connectivity index (χ4v) is 5.48. The summed E-state index contributed by atoms with van der Waals surface area (Å²) in [6.45, 7) is 4.00. The van der Waals surface area contributed by atoms with Gasteiger partial charge in [-0.25, -0.2) is 13.4 Å². The Kier molecular flexibility index (Phi) is 7.87. The van der Waals surface area contributed by atoms with Gasteiger partial charge in [-0.3, -0.25) is 4.79 Å². The first-order chi connectivity index (χ1) is 12.8. The molecule has 0 saturated carbocycles. The second-order valence-electron chi connectivity index (χ2n) is 4.72. The number of amides is 1. The van der Waals surface area contributed by atoms with Crippen LogP contribution in [-0.4, -0.2) is 23.7 Å². The summed E-state index contributed by atoms with van der Waals surface area (Å²) in [4.78, 5) is 15.0. The number of nitrogens with one attached hydrogen (secondary N) is 1. The van der Waals surface area contributed by atoms with E-state index in [1.54, 1.807) is 35.7 Å². The van der Waals surface area contributed by atoms with Gasteiger partial charge in [-0.2, -0.15) is 0 Å². The number of thiophene rings is 1. The van der Waals surface area contributed by atoms with E-state index in [9.17, 15) is 13.2 Å². The Morgan fingerprint density at radius 3 is 2.48 bits per heavy atom. The highest BCUT2D eigenvalue weighted by atomic mass is 35.5. The molecule has 1 saturated heterocycles. The smallest absolute Gasteiger partial charge is 0.267 e. The minimum absolute atomic E-state index is 0.0926. The quantitative estimate of drug-likeness (QED) is 0.482. The van der Waals surface area contributed by atoms with E-state index < -0.39 is 15.9 Å². The van der Waals surface area contributed by atoms with Crippen LogP contribution in [0.2, 0.25) is 10.0 Å². The van der Waals surface area contributed by atoms with Crippen molar-refractivity contribution in [2.24, 2.45) is 0 Å². The van der Waals surface area contributed by atoms with Gasteiger partial charge in [-0.1, -0.05) is 73.2 Å². The van der Waals surface area contributed by atoms with Crippen LogP contribution in [0.4, 0.5) is 0 Å². The molecule has 1 amide bonds. The lowest BCUT2D eigenvalue weighted by Crippen LogP contribution is -2.44. The molecule has 0 radical (unpaired) electrons. The van der Waals surface area contributed by atoms with E-state index in [0.29, 0.717) is 15.6 Å². The zero-order valence-electron chi connectivity index (χ0n) is 14.1. The summed E-state index contributed by atoms with van der Waals surface area (Å²) in [6, 6.07) is 7.95. The minimum atomic E-state index is -3.87. The van der Waals surface area contributed by atoms with Crippen molar-refractivity contribution < 1.29 is 13.2 Å². The van der Waals surface area contributed by atoms with E-state index in [1.807, 2.05) is 13.8 Å². The molecule has 0 atom stereocenters. The first-order valence-electron chi connectivity index (χ1n) is 7.57. The third-order valence-corrected chi connectivity index (χ3v) is 7.74. The number of hydrazine groups is 1. The van der Waals surface area contributed by atoms with Crippen LogP contribution in [0.15, 0.2) is 44.8 Å². The van der Waals surface area contributed by atoms with E-state index in [0.717, 1.165) is 28.1 Å². The normalized spacial score (nSPS) is 15.9. The van der Waals surface area contributed by atoms with Gasteiger partial charge >= 0.3 is 0 Å². The number of rotatable bonds is 4. The molecular formula is C16H14Cl2N2O3S4. The van der Waals surface area contributed by atoms with E-state index in [1.165, 1.54) is 6.07 Å². The van der Waals surface area contributed by atoms with Crippen molar-refractivity contribution in [2.75, 3.05) is 0 Å². The number of sulfonamides is 1. The number of thioether (sulfide) groups is 1. The molecule has 0 unspecified atom stereocenters. The fourth-order valence-electron chi connectivity index (χ4n) is 1.88. The monoisotopic (exact) mass is 480 g/mol. The maximum Gasteiger partial charge on any atom is 0.281 e. The average molecular weight is 481 g/mol. The van der Waals surface area contributed by atoms with E-state index in [4.69, 9.17) is 35.4 Å². The van der Waals surface area contributed by atoms with Crippen LogP contribution < -0.4 is 4.83 Å². The van der Waals surface area contributed by atoms with Gasteiger partial charge in [0.2, 0.25) is 0 Å². The van der Waals surface area contributed by atoms with Crippen molar-refractivity contribution >= 4 is 84.8 Å². The molecule has 144 valence electrons. The van der Waals surface area contributed by atoms with Crippen LogP contribution in [0, 0.1) is 0 Å². The molecule has 1 aromatic heterocycles. The van der Waals surface area contributed by atoms with Crippen LogP contribution in [0.1, 0.15) is 19.4 Å². The molecule has 1 aliphatic rings. The lowest BCUT2D eigenvalue weighted by atomic mass is 10.2. The van der Waals surface area contributed by atoms with E-state index >= 15 is 0 Å². The molecule has 0 spiro atoms. The molecule has 27 heavy (non-hydrogen) atoms. The largest absolute Gasteiger partial charge is 0.281 e. The van der Waals surface area contributed by atoms with Gasteiger partial charge in [0.15, 0.2) is 4.32 Å². The number of carbonyl (C=O) groups is 1. The molecule has 0 bridgehead atoms. The van der Waals surface area contributed by atoms with Gasteiger partial charge in [0.05, 0.1) is 15.0 Å². The van der Waals surface area contributed by atoms with Gasteiger partial charge in [0, 0.05) is 0 Å². The Morgan fingerprint density at radius 2 is 1.89 bits per heavy atom. The van der Waals surface area contributed by atoms with Crippen LogP contribution in [-0.2, 0) is 14.8 Å².